The number of pyridine rings is 1. The summed E-state index contributed by atoms with van der Waals surface area (Å²) in [4.78, 5) is 42.4. The normalized spacial score (nSPS) is 23.7. The molecule has 1 saturated carbocycles. The van der Waals surface area contributed by atoms with Crippen LogP contribution in [0.15, 0.2) is 41.2 Å². The fraction of sp³-hybridized carbons (Fsp3) is 0.552. The Hall–Kier alpha value is -3.07. The summed E-state index contributed by atoms with van der Waals surface area (Å²) >= 11 is 0. The van der Waals surface area contributed by atoms with E-state index in [9.17, 15) is 23.2 Å². The minimum absolute atomic E-state index is 0.00928. The molecule has 5 rings (SSSR count). The van der Waals surface area contributed by atoms with Gasteiger partial charge in [0.2, 0.25) is 11.8 Å². The smallest absolute Gasteiger partial charge is 0.255 e. The van der Waals surface area contributed by atoms with Crippen LogP contribution in [-0.2, 0) is 11.8 Å². The van der Waals surface area contributed by atoms with Crippen LogP contribution in [0.4, 0.5) is 8.78 Å². The lowest BCUT2D eigenvalue weighted by Gasteiger charge is -2.35. The first-order chi connectivity index (χ1) is 18.0. The van der Waals surface area contributed by atoms with Crippen LogP contribution in [0, 0.1) is 31.6 Å². The number of nitrogens with zero attached hydrogens (tertiary/aromatic N) is 3. The first-order valence-corrected chi connectivity index (χ1v) is 13.4. The van der Waals surface area contributed by atoms with Crippen LogP contribution in [-0.4, -0.2) is 64.8 Å². The molecule has 1 N–H and O–H groups in total. The van der Waals surface area contributed by atoms with Gasteiger partial charge in [-0.25, -0.2) is 8.78 Å². The molecule has 3 aliphatic rings. The van der Waals surface area contributed by atoms with Gasteiger partial charge in [0.05, 0.1) is 11.6 Å². The molecular formula is C29H36F2N4O3. The van der Waals surface area contributed by atoms with E-state index in [2.05, 4.69) is 10.2 Å². The number of amides is 2. The predicted octanol–water partition coefficient (Wildman–Crippen LogP) is 3.30. The maximum absolute atomic E-state index is 13.4. The van der Waals surface area contributed by atoms with Crippen LogP contribution < -0.4 is 10.9 Å². The molecule has 3 atom stereocenters. The maximum atomic E-state index is 13.4. The third-order valence-electron chi connectivity index (χ3n) is 8.71. The van der Waals surface area contributed by atoms with Gasteiger partial charge in [-0.1, -0.05) is 30.3 Å². The van der Waals surface area contributed by atoms with E-state index in [-0.39, 0.29) is 36.3 Å². The molecule has 2 aliphatic heterocycles. The first kappa shape index (κ1) is 26.5. The minimum atomic E-state index is -2.72. The highest BCUT2D eigenvalue weighted by Crippen LogP contribution is 2.42. The van der Waals surface area contributed by atoms with Gasteiger partial charge < -0.3 is 19.7 Å². The summed E-state index contributed by atoms with van der Waals surface area (Å²) in [7, 11) is 1.69. The van der Waals surface area contributed by atoms with Gasteiger partial charge in [0.15, 0.2) is 0 Å². The molecule has 3 heterocycles. The summed E-state index contributed by atoms with van der Waals surface area (Å²) in [6, 6.07) is 11.0. The summed E-state index contributed by atoms with van der Waals surface area (Å²) in [6.45, 7) is 7.55. The van der Waals surface area contributed by atoms with Gasteiger partial charge in [0.1, 0.15) is 0 Å². The van der Waals surface area contributed by atoms with Gasteiger partial charge >= 0.3 is 0 Å². The third kappa shape index (κ3) is 5.25. The second kappa shape index (κ2) is 10.2. The Morgan fingerprint density at radius 2 is 1.68 bits per heavy atom. The quantitative estimate of drug-likeness (QED) is 0.601. The van der Waals surface area contributed by atoms with E-state index in [1.807, 2.05) is 49.1 Å². The van der Waals surface area contributed by atoms with Crippen LogP contribution in [0.5, 0.6) is 0 Å². The number of fused-ring (bicyclic) bond motifs is 1. The zero-order valence-corrected chi connectivity index (χ0v) is 22.3. The number of nitrogens with one attached hydrogen (secondary N) is 1. The number of aryl methyl sites for hydroxylation is 1. The van der Waals surface area contributed by atoms with E-state index in [4.69, 9.17) is 0 Å². The lowest BCUT2D eigenvalue weighted by Crippen LogP contribution is -2.46. The van der Waals surface area contributed by atoms with Crippen molar-refractivity contribution in [3.05, 3.63) is 69.1 Å². The standard InChI is InChI=1S/C29H36F2N4O3/c1-18-11-25(36)33(3)19(2)26(18)28(38)35-16-22-14-34(15-23(22)17-35)10-9-24(20-7-5-4-6-8-20)32-27(37)21-12-29(30,31)13-21/h4-8,11,21-24H,9-10,12-17H2,1-3H3,(H,32,37)/t22?,23?,24-/m0/s1. The van der Waals surface area contributed by atoms with Crippen molar-refractivity contribution >= 4 is 11.8 Å². The van der Waals surface area contributed by atoms with Crippen molar-refractivity contribution in [2.24, 2.45) is 24.8 Å². The Labute approximate surface area is 221 Å². The summed E-state index contributed by atoms with van der Waals surface area (Å²) < 4.78 is 28.1. The zero-order chi connectivity index (χ0) is 27.2. The monoisotopic (exact) mass is 526 g/mol. The zero-order valence-electron chi connectivity index (χ0n) is 22.3. The van der Waals surface area contributed by atoms with E-state index < -0.39 is 11.8 Å². The van der Waals surface area contributed by atoms with Crippen molar-refractivity contribution in [2.75, 3.05) is 32.7 Å². The van der Waals surface area contributed by atoms with Crippen LogP contribution in [0.25, 0.3) is 0 Å². The predicted molar refractivity (Wildman–Crippen MR) is 140 cm³/mol. The molecule has 1 aromatic heterocycles. The summed E-state index contributed by atoms with van der Waals surface area (Å²) in [6.07, 6.45) is -0.0514. The van der Waals surface area contributed by atoms with Gasteiger partial charge in [0.25, 0.3) is 11.5 Å². The molecule has 0 bridgehead atoms. The number of carbonyl (C=O) groups excluding carboxylic acids is 2. The summed E-state index contributed by atoms with van der Waals surface area (Å²) in [5.74, 6) is -2.87. The van der Waals surface area contributed by atoms with Crippen molar-refractivity contribution in [1.29, 1.82) is 0 Å². The van der Waals surface area contributed by atoms with Crippen LogP contribution in [0.2, 0.25) is 0 Å². The Balaban J connectivity index is 1.18. The number of hydrogen-bond acceptors (Lipinski definition) is 4. The lowest BCUT2D eigenvalue weighted by molar-refractivity contribution is -0.150. The molecule has 0 radical (unpaired) electrons. The summed E-state index contributed by atoms with van der Waals surface area (Å²) in [5, 5.41) is 3.03. The Kier molecular flexibility index (Phi) is 7.15. The summed E-state index contributed by atoms with van der Waals surface area (Å²) in [5.41, 5.74) is 2.90. The number of rotatable bonds is 7. The molecule has 2 aromatic rings. The second-order valence-electron chi connectivity index (χ2n) is 11.4. The first-order valence-electron chi connectivity index (χ1n) is 13.4. The maximum Gasteiger partial charge on any atom is 0.255 e. The molecule has 1 aromatic carbocycles. The van der Waals surface area contributed by atoms with E-state index in [1.165, 1.54) is 10.6 Å². The van der Waals surface area contributed by atoms with E-state index >= 15 is 0 Å². The molecule has 3 fully saturated rings. The van der Waals surface area contributed by atoms with E-state index in [0.717, 1.165) is 25.2 Å². The number of carbonyl (C=O) groups is 2. The topological polar surface area (TPSA) is 74.7 Å². The Bertz CT molecular complexity index is 1260. The molecule has 2 saturated heterocycles. The highest BCUT2D eigenvalue weighted by molar-refractivity contribution is 5.96. The highest BCUT2D eigenvalue weighted by atomic mass is 19.3. The van der Waals surface area contributed by atoms with Crippen molar-refractivity contribution in [1.82, 2.24) is 19.7 Å². The molecule has 1 aliphatic carbocycles. The average molecular weight is 527 g/mol. The molecule has 0 spiro atoms. The van der Waals surface area contributed by atoms with E-state index in [0.29, 0.717) is 48.2 Å². The fourth-order valence-corrected chi connectivity index (χ4v) is 6.35. The van der Waals surface area contributed by atoms with Gasteiger partial charge in [-0.3, -0.25) is 14.4 Å². The highest BCUT2D eigenvalue weighted by Gasteiger charge is 2.49. The fourth-order valence-electron chi connectivity index (χ4n) is 6.35. The second-order valence-corrected chi connectivity index (χ2v) is 11.4. The van der Waals surface area contributed by atoms with Crippen molar-refractivity contribution in [3.8, 4) is 0 Å². The van der Waals surface area contributed by atoms with E-state index in [1.54, 1.807) is 7.05 Å². The van der Waals surface area contributed by atoms with Gasteiger partial charge in [-0.2, -0.15) is 0 Å². The molecule has 9 heteroatoms. The van der Waals surface area contributed by atoms with Crippen molar-refractivity contribution in [2.45, 2.75) is 45.1 Å². The van der Waals surface area contributed by atoms with Crippen LogP contribution in [0.1, 0.15) is 52.5 Å². The molecule has 38 heavy (non-hydrogen) atoms. The molecule has 2 amide bonds. The van der Waals surface area contributed by atoms with Crippen LogP contribution >= 0.6 is 0 Å². The third-order valence-corrected chi connectivity index (χ3v) is 8.71. The molecular weight excluding hydrogens is 490 g/mol. The van der Waals surface area contributed by atoms with Crippen molar-refractivity contribution < 1.29 is 18.4 Å². The minimum Gasteiger partial charge on any atom is -0.349 e. The van der Waals surface area contributed by atoms with Gasteiger partial charge in [0, 0.05) is 70.3 Å². The lowest BCUT2D eigenvalue weighted by atomic mass is 9.80. The molecule has 204 valence electrons. The molecule has 2 unspecified atom stereocenters. The van der Waals surface area contributed by atoms with Crippen molar-refractivity contribution in [3.63, 3.8) is 0 Å². The van der Waals surface area contributed by atoms with Crippen LogP contribution in [0.3, 0.4) is 0 Å². The number of likely N-dealkylation sites (tertiary alicyclic amines) is 2. The SMILES string of the molecule is Cc1cc(=O)n(C)c(C)c1C(=O)N1CC2CN(CC[C@H](NC(=O)C3CC(F)(F)C3)c3ccccc3)CC2C1. The number of alkyl halides is 2. The number of aromatic nitrogens is 1. The molecule has 7 nitrogen and oxygen atoms in total. The number of benzene rings is 1. The number of halogens is 2. The number of hydrogen-bond donors (Lipinski definition) is 1. The van der Waals surface area contributed by atoms with Gasteiger partial charge in [-0.05, 0) is 43.2 Å². The Morgan fingerprint density at radius 1 is 1.05 bits per heavy atom. The van der Waals surface area contributed by atoms with Gasteiger partial charge in [-0.15, -0.1) is 0 Å². The average Bonchev–Trinajstić information content (AvgIpc) is 3.43. The largest absolute Gasteiger partial charge is 0.349 e. The Morgan fingerprint density at radius 3 is 2.29 bits per heavy atom.